The Hall–Kier alpha value is -1.27. The lowest BCUT2D eigenvalue weighted by Gasteiger charge is -2.57. The zero-order chi connectivity index (χ0) is 23.6. The zero-order valence-corrected chi connectivity index (χ0v) is 20.5. The van der Waals surface area contributed by atoms with Crippen LogP contribution in [0.15, 0.2) is 46.9 Å². The van der Waals surface area contributed by atoms with Crippen molar-refractivity contribution in [3.05, 3.63) is 42.0 Å². The molecule has 3 nitrogen and oxygen atoms in total. The highest BCUT2D eigenvalue weighted by atomic mass is 32.2. The van der Waals surface area contributed by atoms with Gasteiger partial charge in [0.15, 0.2) is 0 Å². The van der Waals surface area contributed by atoms with Crippen molar-refractivity contribution < 1.29 is 22.3 Å². The van der Waals surface area contributed by atoms with E-state index in [-0.39, 0.29) is 24.2 Å². The molecule has 4 aliphatic carbocycles. The number of rotatable bonds is 3. The van der Waals surface area contributed by atoms with Crippen LogP contribution in [0.5, 0.6) is 0 Å². The van der Waals surface area contributed by atoms with Crippen molar-refractivity contribution in [2.24, 2.45) is 35.0 Å². The van der Waals surface area contributed by atoms with Crippen LogP contribution in [0.3, 0.4) is 0 Å². The molecule has 0 spiro atoms. The van der Waals surface area contributed by atoms with Gasteiger partial charge < -0.3 is 5.11 Å². The van der Waals surface area contributed by atoms with Gasteiger partial charge in [-0.25, -0.2) is 8.42 Å². The first kappa shape index (κ1) is 23.5. The summed E-state index contributed by atoms with van der Waals surface area (Å²) < 4.78 is 56.7. The first-order chi connectivity index (χ1) is 15.5. The van der Waals surface area contributed by atoms with E-state index in [1.165, 1.54) is 37.1 Å². The molecule has 0 amide bonds. The number of hydrogen-bond acceptors (Lipinski definition) is 3. The van der Waals surface area contributed by atoms with Gasteiger partial charge >= 0.3 is 5.25 Å². The summed E-state index contributed by atoms with van der Waals surface area (Å²) in [6.45, 7) is 4.58. The summed E-state index contributed by atoms with van der Waals surface area (Å²) in [5.41, 5.74) is -0.629. The minimum absolute atomic E-state index is 0.0335. The van der Waals surface area contributed by atoms with Gasteiger partial charge in [0.2, 0.25) is 9.84 Å². The van der Waals surface area contributed by atoms with Gasteiger partial charge in [0.1, 0.15) is 5.60 Å². The van der Waals surface area contributed by atoms with Gasteiger partial charge in [0.05, 0.1) is 4.90 Å². The van der Waals surface area contributed by atoms with Crippen molar-refractivity contribution in [2.45, 2.75) is 87.4 Å². The predicted octanol–water partition coefficient (Wildman–Crippen LogP) is 6.38. The number of fused-ring (bicyclic) bond motifs is 5. The number of halogens is 2. The Morgan fingerprint density at radius 3 is 2.39 bits per heavy atom. The normalized spacial score (nSPS) is 42.5. The number of benzene rings is 1. The van der Waals surface area contributed by atoms with Crippen LogP contribution in [-0.2, 0) is 9.84 Å². The van der Waals surface area contributed by atoms with Crippen LogP contribution in [0, 0.1) is 35.0 Å². The van der Waals surface area contributed by atoms with Gasteiger partial charge in [-0.2, -0.15) is 8.78 Å². The molecule has 0 saturated heterocycles. The van der Waals surface area contributed by atoms with Crippen LogP contribution in [0.4, 0.5) is 8.78 Å². The summed E-state index contributed by atoms with van der Waals surface area (Å²) in [6, 6.07) is 6.83. The molecule has 182 valence electrons. The second-order valence-corrected chi connectivity index (χ2v) is 13.3. The fraction of sp³-hybridized carbons (Fsp3) is 0.704. The topological polar surface area (TPSA) is 54.4 Å². The number of aliphatic hydroxyl groups is 1. The van der Waals surface area contributed by atoms with Gasteiger partial charge in [-0.3, -0.25) is 0 Å². The van der Waals surface area contributed by atoms with E-state index in [9.17, 15) is 13.5 Å². The van der Waals surface area contributed by atoms with Crippen molar-refractivity contribution >= 4 is 9.84 Å². The predicted molar refractivity (Wildman–Crippen MR) is 124 cm³/mol. The third kappa shape index (κ3) is 3.30. The third-order valence-electron chi connectivity index (χ3n) is 10.1. The van der Waals surface area contributed by atoms with Gasteiger partial charge in [-0.05, 0) is 112 Å². The van der Waals surface area contributed by atoms with Crippen LogP contribution >= 0.6 is 0 Å². The first-order valence-corrected chi connectivity index (χ1v) is 14.1. The van der Waals surface area contributed by atoms with Crippen molar-refractivity contribution in [2.75, 3.05) is 0 Å². The minimum atomic E-state index is -4.98. The van der Waals surface area contributed by atoms with E-state index in [1.54, 1.807) is 11.6 Å². The maximum absolute atomic E-state index is 15.5. The number of hydrogen-bond donors (Lipinski definition) is 1. The fourth-order valence-corrected chi connectivity index (χ4v) is 9.96. The molecule has 1 aromatic carbocycles. The average Bonchev–Trinajstić information content (AvgIpc) is 3.15. The maximum atomic E-state index is 15.5. The van der Waals surface area contributed by atoms with Crippen LogP contribution in [0.25, 0.3) is 0 Å². The SMILES string of the molecule is CC=C1CC[C@H]2[C@@H]3CC[C@H]4C[C@](O)(C(F)(F)S(=O)(=O)c5ccccc5)CC[C@@H]4[C@H]3CC[C@]12C. The Morgan fingerprint density at radius 1 is 1.00 bits per heavy atom. The molecule has 0 bridgehead atoms. The van der Waals surface area contributed by atoms with Crippen LogP contribution in [0.1, 0.15) is 71.6 Å². The second kappa shape index (κ2) is 7.87. The molecule has 0 aromatic heterocycles. The summed E-state index contributed by atoms with van der Waals surface area (Å²) in [5.74, 6) is 2.10. The highest BCUT2D eigenvalue weighted by Crippen LogP contribution is 2.65. The quantitative estimate of drug-likeness (QED) is 0.513. The average molecular weight is 479 g/mol. The summed E-state index contributed by atoms with van der Waals surface area (Å²) in [4.78, 5) is -0.429. The van der Waals surface area contributed by atoms with E-state index in [0.717, 1.165) is 25.7 Å². The largest absolute Gasteiger partial charge is 0.382 e. The summed E-state index contributed by atoms with van der Waals surface area (Å²) >= 11 is 0. The van der Waals surface area contributed by atoms with Crippen molar-refractivity contribution in [3.63, 3.8) is 0 Å². The molecule has 7 atom stereocenters. The van der Waals surface area contributed by atoms with E-state index >= 15 is 8.78 Å². The lowest BCUT2D eigenvalue weighted by molar-refractivity contribution is -0.177. The van der Waals surface area contributed by atoms with Crippen LogP contribution in [-0.4, -0.2) is 24.4 Å². The van der Waals surface area contributed by atoms with Gasteiger partial charge in [0.25, 0.3) is 0 Å². The smallest absolute Gasteiger partial charge is 0.377 e. The highest BCUT2D eigenvalue weighted by molar-refractivity contribution is 7.92. The summed E-state index contributed by atoms with van der Waals surface area (Å²) in [7, 11) is -4.98. The minimum Gasteiger partial charge on any atom is -0.382 e. The molecular weight excluding hydrogens is 442 g/mol. The molecule has 5 rings (SSSR count). The number of alkyl halides is 2. The molecule has 0 unspecified atom stereocenters. The Kier molecular flexibility index (Phi) is 5.60. The summed E-state index contributed by atoms with van der Waals surface area (Å²) in [5, 5.41) is 6.94. The van der Waals surface area contributed by atoms with E-state index in [2.05, 4.69) is 19.9 Å². The monoisotopic (exact) mass is 478 g/mol. The standard InChI is InChI=1S/C27H36F2O3S/c1-3-19-10-12-24-23-11-9-18-17-26(30,16-14-21(18)22(23)13-15-25(19,24)2)27(28,29)33(31,32)20-7-5-4-6-8-20/h3-8,18,21-24,30H,9-17H2,1-2H3/t18-,21-,22+,23+,24-,25+,26-/m0/s1. The highest BCUT2D eigenvalue weighted by Gasteiger charge is 2.65. The Labute approximate surface area is 196 Å². The van der Waals surface area contributed by atoms with Crippen molar-refractivity contribution in [1.82, 2.24) is 0 Å². The molecule has 6 heteroatoms. The first-order valence-electron chi connectivity index (χ1n) is 12.6. The Balaban J connectivity index is 1.37. The van der Waals surface area contributed by atoms with E-state index in [4.69, 9.17) is 0 Å². The molecule has 1 aromatic rings. The molecule has 0 radical (unpaired) electrons. The molecule has 4 aliphatic rings. The van der Waals surface area contributed by atoms with Gasteiger partial charge in [-0.15, -0.1) is 0 Å². The second-order valence-electron chi connectivity index (χ2n) is 11.4. The number of sulfone groups is 1. The zero-order valence-electron chi connectivity index (χ0n) is 19.6. The Bertz CT molecular complexity index is 1040. The third-order valence-corrected chi connectivity index (χ3v) is 12.1. The molecule has 4 saturated carbocycles. The Morgan fingerprint density at radius 2 is 1.70 bits per heavy atom. The van der Waals surface area contributed by atoms with Crippen LogP contribution in [0.2, 0.25) is 0 Å². The van der Waals surface area contributed by atoms with Crippen molar-refractivity contribution in [3.8, 4) is 0 Å². The molecule has 1 N–H and O–H groups in total. The van der Waals surface area contributed by atoms with E-state index < -0.39 is 25.6 Å². The molecule has 33 heavy (non-hydrogen) atoms. The lowest BCUT2D eigenvalue weighted by atomic mass is 9.49. The van der Waals surface area contributed by atoms with Crippen LogP contribution < -0.4 is 0 Å². The number of allylic oxidation sites excluding steroid dienone is 2. The van der Waals surface area contributed by atoms with Gasteiger partial charge in [-0.1, -0.05) is 36.8 Å². The van der Waals surface area contributed by atoms with Gasteiger partial charge in [0, 0.05) is 0 Å². The van der Waals surface area contributed by atoms with E-state index in [1.807, 2.05) is 0 Å². The van der Waals surface area contributed by atoms with E-state index in [0.29, 0.717) is 30.1 Å². The molecule has 0 heterocycles. The molecular formula is C27H36F2O3S. The summed E-state index contributed by atoms with van der Waals surface area (Å²) in [6.07, 6.45) is 9.02. The molecule has 0 aliphatic heterocycles. The molecule has 4 fully saturated rings. The van der Waals surface area contributed by atoms with Crippen molar-refractivity contribution in [1.29, 1.82) is 0 Å². The lowest BCUT2D eigenvalue weighted by Crippen LogP contribution is -2.58. The maximum Gasteiger partial charge on any atom is 0.377 e. The fourth-order valence-electron chi connectivity index (χ4n) is 8.46.